The van der Waals surface area contributed by atoms with Gasteiger partial charge in [0.05, 0.1) is 0 Å². The first kappa shape index (κ1) is 16.5. The van der Waals surface area contributed by atoms with E-state index in [0.29, 0.717) is 12.3 Å². The Labute approximate surface area is 133 Å². The predicted molar refractivity (Wildman–Crippen MR) is 92.6 cm³/mol. The Morgan fingerprint density at radius 2 is 1.91 bits per heavy atom. The molecule has 0 saturated carbocycles. The van der Waals surface area contributed by atoms with E-state index in [9.17, 15) is 9.00 Å². The van der Waals surface area contributed by atoms with Gasteiger partial charge >= 0.3 is 6.03 Å². The lowest BCUT2D eigenvalue weighted by molar-refractivity contribution is 0.238. The van der Waals surface area contributed by atoms with Crippen LogP contribution < -0.4 is 10.6 Å². The summed E-state index contributed by atoms with van der Waals surface area (Å²) in [6.07, 6.45) is 2.40. The van der Waals surface area contributed by atoms with Crippen LogP contribution in [0.4, 0.5) is 4.79 Å². The van der Waals surface area contributed by atoms with E-state index in [1.807, 2.05) is 19.1 Å². The van der Waals surface area contributed by atoms with Crippen LogP contribution in [-0.2, 0) is 17.2 Å². The Morgan fingerprint density at radius 3 is 2.64 bits per heavy atom. The summed E-state index contributed by atoms with van der Waals surface area (Å²) >= 11 is 0. The molecule has 0 aliphatic heterocycles. The summed E-state index contributed by atoms with van der Waals surface area (Å²) in [6, 6.07) is 14.4. The molecule has 2 atom stereocenters. The van der Waals surface area contributed by atoms with E-state index in [-0.39, 0.29) is 12.1 Å². The summed E-state index contributed by atoms with van der Waals surface area (Å²) in [6.45, 7) is 2.41. The minimum absolute atomic E-state index is 0.0355. The molecule has 0 radical (unpaired) electrons. The SMILES string of the molecule is C[C@@H](Cc1ccc2ccccc2c1)NC(=O)NCC[S@@](C)=O. The first-order chi connectivity index (χ1) is 10.5. The monoisotopic (exact) mass is 318 g/mol. The van der Waals surface area contributed by atoms with Gasteiger partial charge in [-0.1, -0.05) is 42.5 Å². The molecule has 0 unspecified atom stereocenters. The maximum Gasteiger partial charge on any atom is 0.315 e. The van der Waals surface area contributed by atoms with Crippen LogP contribution in [0.5, 0.6) is 0 Å². The highest BCUT2D eigenvalue weighted by molar-refractivity contribution is 7.84. The third-order valence-corrected chi connectivity index (χ3v) is 4.19. The highest BCUT2D eigenvalue weighted by atomic mass is 32.2. The van der Waals surface area contributed by atoms with Crippen molar-refractivity contribution in [2.24, 2.45) is 0 Å². The fourth-order valence-corrected chi connectivity index (χ4v) is 2.74. The second-order valence-corrected chi connectivity index (χ2v) is 7.02. The molecule has 2 aromatic carbocycles. The standard InChI is InChI=1S/C17H22N2O2S/c1-13(19-17(20)18-9-10-22(2)21)11-14-7-8-15-5-3-4-6-16(15)12-14/h3-8,12-13H,9-11H2,1-2H3,(H2,18,19,20)/t13-,22+/m0/s1. The molecule has 0 aromatic heterocycles. The molecule has 0 aliphatic carbocycles. The van der Waals surface area contributed by atoms with Gasteiger partial charge < -0.3 is 10.6 Å². The fraction of sp³-hybridized carbons (Fsp3) is 0.353. The Morgan fingerprint density at radius 1 is 1.18 bits per heavy atom. The molecule has 0 fully saturated rings. The van der Waals surface area contributed by atoms with Gasteiger partial charge in [-0.15, -0.1) is 0 Å². The fourth-order valence-electron chi connectivity index (χ4n) is 2.35. The van der Waals surface area contributed by atoms with Crippen LogP contribution in [0.1, 0.15) is 12.5 Å². The molecule has 2 aromatic rings. The first-order valence-electron chi connectivity index (χ1n) is 7.36. The van der Waals surface area contributed by atoms with Gasteiger partial charge in [0, 0.05) is 35.4 Å². The zero-order valence-electron chi connectivity index (χ0n) is 13.0. The third-order valence-electron chi connectivity index (χ3n) is 3.41. The average molecular weight is 318 g/mol. The van der Waals surface area contributed by atoms with Crippen molar-refractivity contribution in [3.05, 3.63) is 48.0 Å². The zero-order valence-corrected chi connectivity index (χ0v) is 13.8. The normalized spacial score (nSPS) is 13.5. The van der Waals surface area contributed by atoms with Gasteiger partial charge in [0.25, 0.3) is 0 Å². The van der Waals surface area contributed by atoms with Crippen molar-refractivity contribution in [3.8, 4) is 0 Å². The van der Waals surface area contributed by atoms with E-state index in [0.717, 1.165) is 6.42 Å². The molecule has 118 valence electrons. The molecule has 2 amide bonds. The summed E-state index contributed by atoms with van der Waals surface area (Å²) in [5.74, 6) is 0.479. The van der Waals surface area contributed by atoms with Gasteiger partial charge in [0.15, 0.2) is 0 Å². The summed E-state index contributed by atoms with van der Waals surface area (Å²) in [4.78, 5) is 11.7. The van der Waals surface area contributed by atoms with E-state index >= 15 is 0 Å². The number of fused-ring (bicyclic) bond motifs is 1. The highest BCUT2D eigenvalue weighted by Gasteiger charge is 2.08. The van der Waals surface area contributed by atoms with Crippen LogP contribution in [-0.4, -0.2) is 34.8 Å². The van der Waals surface area contributed by atoms with Crippen LogP contribution in [0.2, 0.25) is 0 Å². The topological polar surface area (TPSA) is 58.2 Å². The number of nitrogens with one attached hydrogen (secondary N) is 2. The molecule has 0 aliphatic rings. The highest BCUT2D eigenvalue weighted by Crippen LogP contribution is 2.16. The molecule has 0 bridgehead atoms. The van der Waals surface area contributed by atoms with Crippen LogP contribution in [0.3, 0.4) is 0 Å². The van der Waals surface area contributed by atoms with Crippen molar-refractivity contribution in [1.29, 1.82) is 0 Å². The Balaban J connectivity index is 1.86. The molecular formula is C17H22N2O2S. The summed E-state index contributed by atoms with van der Waals surface area (Å²) in [5.41, 5.74) is 1.20. The maximum absolute atomic E-state index is 11.7. The number of rotatable bonds is 6. The molecule has 2 rings (SSSR count). The van der Waals surface area contributed by atoms with Crippen molar-refractivity contribution in [2.45, 2.75) is 19.4 Å². The summed E-state index contributed by atoms with van der Waals surface area (Å²) in [5, 5.41) is 8.05. The number of hydrogen-bond acceptors (Lipinski definition) is 2. The van der Waals surface area contributed by atoms with E-state index in [4.69, 9.17) is 0 Å². The predicted octanol–water partition coefficient (Wildman–Crippen LogP) is 2.45. The van der Waals surface area contributed by atoms with Crippen molar-refractivity contribution in [2.75, 3.05) is 18.6 Å². The minimum Gasteiger partial charge on any atom is -0.337 e. The van der Waals surface area contributed by atoms with Gasteiger partial charge in [-0.05, 0) is 29.7 Å². The van der Waals surface area contributed by atoms with E-state index in [1.165, 1.54) is 16.3 Å². The molecule has 4 nitrogen and oxygen atoms in total. The Hall–Kier alpha value is -1.88. The largest absolute Gasteiger partial charge is 0.337 e. The first-order valence-corrected chi connectivity index (χ1v) is 9.09. The van der Waals surface area contributed by atoms with Gasteiger partial charge in [0.1, 0.15) is 0 Å². The lowest BCUT2D eigenvalue weighted by Gasteiger charge is -2.15. The molecule has 0 heterocycles. The van der Waals surface area contributed by atoms with E-state index in [2.05, 4.69) is 41.0 Å². The summed E-state index contributed by atoms with van der Waals surface area (Å²) < 4.78 is 10.9. The average Bonchev–Trinajstić information content (AvgIpc) is 2.46. The minimum atomic E-state index is -0.882. The van der Waals surface area contributed by atoms with Crippen LogP contribution in [0, 0.1) is 0 Å². The number of carbonyl (C=O) groups is 1. The van der Waals surface area contributed by atoms with E-state index < -0.39 is 10.8 Å². The summed E-state index contributed by atoms with van der Waals surface area (Å²) in [7, 11) is -0.882. The van der Waals surface area contributed by atoms with Gasteiger partial charge in [-0.2, -0.15) is 0 Å². The van der Waals surface area contributed by atoms with Crippen molar-refractivity contribution >= 4 is 27.6 Å². The van der Waals surface area contributed by atoms with Gasteiger partial charge in [0.2, 0.25) is 0 Å². The molecule has 0 saturated heterocycles. The number of urea groups is 1. The second-order valence-electron chi connectivity index (χ2n) is 5.46. The lowest BCUT2D eigenvalue weighted by Crippen LogP contribution is -2.42. The lowest BCUT2D eigenvalue weighted by atomic mass is 10.0. The molecule has 0 spiro atoms. The van der Waals surface area contributed by atoms with Crippen LogP contribution in [0.25, 0.3) is 10.8 Å². The maximum atomic E-state index is 11.7. The molecule has 5 heteroatoms. The Bertz CT molecular complexity index is 673. The second kappa shape index (κ2) is 7.94. The van der Waals surface area contributed by atoms with Crippen LogP contribution >= 0.6 is 0 Å². The van der Waals surface area contributed by atoms with Crippen molar-refractivity contribution < 1.29 is 9.00 Å². The molecular weight excluding hydrogens is 296 g/mol. The van der Waals surface area contributed by atoms with Gasteiger partial charge in [-0.25, -0.2) is 4.79 Å². The molecule has 2 N–H and O–H groups in total. The number of carbonyl (C=O) groups excluding carboxylic acids is 1. The number of benzene rings is 2. The number of amides is 2. The number of hydrogen-bond donors (Lipinski definition) is 2. The zero-order chi connectivity index (χ0) is 15.9. The van der Waals surface area contributed by atoms with Crippen LogP contribution in [0.15, 0.2) is 42.5 Å². The van der Waals surface area contributed by atoms with Crippen molar-refractivity contribution in [1.82, 2.24) is 10.6 Å². The third kappa shape index (κ3) is 5.15. The smallest absolute Gasteiger partial charge is 0.315 e. The van der Waals surface area contributed by atoms with Gasteiger partial charge in [-0.3, -0.25) is 4.21 Å². The molecule has 22 heavy (non-hydrogen) atoms. The Kier molecular flexibility index (Phi) is 5.95. The van der Waals surface area contributed by atoms with Crippen molar-refractivity contribution in [3.63, 3.8) is 0 Å². The van der Waals surface area contributed by atoms with E-state index in [1.54, 1.807) is 6.26 Å². The quantitative estimate of drug-likeness (QED) is 0.859.